The molecule has 2 aromatic rings. The lowest BCUT2D eigenvalue weighted by Crippen LogP contribution is -2.49. The highest BCUT2D eigenvalue weighted by Crippen LogP contribution is 2.28. The second-order valence-corrected chi connectivity index (χ2v) is 8.97. The molecule has 1 aliphatic rings. The summed E-state index contributed by atoms with van der Waals surface area (Å²) in [6, 6.07) is 11.8. The molecule has 0 bridgehead atoms. The van der Waals surface area contributed by atoms with Gasteiger partial charge in [0.25, 0.3) is 0 Å². The van der Waals surface area contributed by atoms with Gasteiger partial charge in [0.05, 0.1) is 15.6 Å². The van der Waals surface area contributed by atoms with Gasteiger partial charge in [0, 0.05) is 12.1 Å². The minimum Gasteiger partial charge on any atom is -0.323 e. The zero-order valence-corrected chi connectivity index (χ0v) is 17.0. The Hall–Kier alpha value is -2.22. The first-order chi connectivity index (χ1) is 13.3. The van der Waals surface area contributed by atoms with Gasteiger partial charge in [-0.2, -0.15) is 4.31 Å². The number of amides is 1. The fourth-order valence-corrected chi connectivity index (χ4v) is 5.07. The fourth-order valence-electron chi connectivity index (χ4n) is 3.23. The number of Topliss-reactive ketones (excluding diaryl/α,β-unsaturated/α-hetero) is 1. The van der Waals surface area contributed by atoms with Crippen molar-refractivity contribution in [3.63, 3.8) is 0 Å². The van der Waals surface area contributed by atoms with E-state index in [0.717, 1.165) is 6.42 Å². The minimum atomic E-state index is -3.87. The SMILES string of the molecule is CC(=O)c1ccc(S(=O)(=O)N2CCCCC2C(=O)Nc2ccccc2Cl)cc1. The lowest BCUT2D eigenvalue weighted by molar-refractivity contribution is -0.120. The predicted molar refractivity (Wildman–Crippen MR) is 108 cm³/mol. The van der Waals surface area contributed by atoms with Crippen molar-refractivity contribution in [2.45, 2.75) is 37.1 Å². The van der Waals surface area contributed by atoms with E-state index in [1.807, 2.05) is 0 Å². The summed E-state index contributed by atoms with van der Waals surface area (Å²) < 4.78 is 27.5. The number of hydrogen-bond donors (Lipinski definition) is 1. The number of anilines is 1. The van der Waals surface area contributed by atoms with Gasteiger partial charge in [0.15, 0.2) is 5.78 Å². The minimum absolute atomic E-state index is 0.0648. The molecule has 148 valence electrons. The molecule has 0 saturated carbocycles. The third-order valence-electron chi connectivity index (χ3n) is 4.76. The van der Waals surface area contributed by atoms with Crippen LogP contribution in [0.15, 0.2) is 53.4 Å². The number of nitrogens with zero attached hydrogens (tertiary/aromatic N) is 1. The maximum absolute atomic E-state index is 13.1. The Morgan fingerprint density at radius 2 is 1.75 bits per heavy atom. The lowest BCUT2D eigenvalue weighted by Gasteiger charge is -2.33. The van der Waals surface area contributed by atoms with Crippen molar-refractivity contribution in [2.24, 2.45) is 0 Å². The number of sulfonamides is 1. The standard InChI is InChI=1S/C20H21ClN2O4S/c1-14(24)15-9-11-16(12-10-15)28(26,27)23-13-5-4-8-19(23)20(25)22-18-7-3-2-6-17(18)21/h2-3,6-7,9-12,19H,4-5,8,13H2,1H3,(H,22,25). The van der Waals surface area contributed by atoms with Crippen molar-refractivity contribution in [1.29, 1.82) is 0 Å². The van der Waals surface area contributed by atoms with Crippen molar-refractivity contribution in [3.05, 3.63) is 59.1 Å². The van der Waals surface area contributed by atoms with Gasteiger partial charge in [-0.3, -0.25) is 9.59 Å². The molecule has 1 unspecified atom stereocenters. The van der Waals surface area contributed by atoms with Gasteiger partial charge in [-0.25, -0.2) is 8.42 Å². The summed E-state index contributed by atoms with van der Waals surface area (Å²) in [5.41, 5.74) is 0.883. The summed E-state index contributed by atoms with van der Waals surface area (Å²) in [4.78, 5) is 24.3. The van der Waals surface area contributed by atoms with Crippen LogP contribution < -0.4 is 5.32 Å². The number of carbonyl (C=O) groups excluding carboxylic acids is 2. The first-order valence-corrected chi connectivity index (χ1v) is 10.8. The van der Waals surface area contributed by atoms with Crippen LogP contribution in [0.1, 0.15) is 36.5 Å². The van der Waals surface area contributed by atoms with E-state index in [9.17, 15) is 18.0 Å². The van der Waals surface area contributed by atoms with Gasteiger partial charge in [-0.15, -0.1) is 0 Å². The van der Waals surface area contributed by atoms with Crippen LogP contribution in [0.4, 0.5) is 5.69 Å². The Kier molecular flexibility index (Phi) is 6.17. The molecule has 28 heavy (non-hydrogen) atoms. The number of ketones is 1. The zero-order chi connectivity index (χ0) is 20.3. The molecule has 1 atom stereocenters. The van der Waals surface area contributed by atoms with E-state index in [1.54, 1.807) is 24.3 Å². The molecule has 1 aliphatic heterocycles. The van der Waals surface area contributed by atoms with Gasteiger partial charge in [0.2, 0.25) is 15.9 Å². The van der Waals surface area contributed by atoms with Crippen molar-refractivity contribution >= 4 is 39.0 Å². The number of hydrogen-bond acceptors (Lipinski definition) is 4. The molecule has 1 heterocycles. The fraction of sp³-hybridized carbons (Fsp3) is 0.300. The number of nitrogens with one attached hydrogen (secondary N) is 1. The van der Waals surface area contributed by atoms with Gasteiger partial charge in [0.1, 0.15) is 6.04 Å². The van der Waals surface area contributed by atoms with Gasteiger partial charge in [-0.1, -0.05) is 42.3 Å². The highest BCUT2D eigenvalue weighted by atomic mass is 35.5. The third-order valence-corrected chi connectivity index (χ3v) is 7.01. The van der Waals surface area contributed by atoms with Crippen LogP contribution in [0.5, 0.6) is 0 Å². The second kappa shape index (κ2) is 8.43. The third kappa shape index (κ3) is 4.27. The molecule has 0 spiro atoms. The molecule has 1 amide bonds. The predicted octanol–water partition coefficient (Wildman–Crippen LogP) is 3.72. The van der Waals surface area contributed by atoms with Crippen molar-refractivity contribution in [3.8, 4) is 0 Å². The summed E-state index contributed by atoms with van der Waals surface area (Å²) in [5, 5.41) is 3.13. The molecule has 1 N–H and O–H groups in total. The molecule has 1 fully saturated rings. The molecule has 6 nitrogen and oxygen atoms in total. The van der Waals surface area contributed by atoms with E-state index in [0.29, 0.717) is 29.1 Å². The van der Waals surface area contributed by atoms with Gasteiger partial charge >= 0.3 is 0 Å². The summed E-state index contributed by atoms with van der Waals surface area (Å²) in [5.74, 6) is -0.546. The maximum Gasteiger partial charge on any atom is 0.243 e. The van der Waals surface area contributed by atoms with E-state index >= 15 is 0 Å². The number of piperidine rings is 1. The molecular weight excluding hydrogens is 400 g/mol. The van der Waals surface area contributed by atoms with Crippen molar-refractivity contribution in [2.75, 3.05) is 11.9 Å². The normalized spacial score (nSPS) is 17.9. The molecule has 2 aromatic carbocycles. The number of rotatable bonds is 5. The average Bonchev–Trinajstić information content (AvgIpc) is 2.69. The van der Waals surface area contributed by atoms with E-state index < -0.39 is 22.0 Å². The quantitative estimate of drug-likeness (QED) is 0.747. The topological polar surface area (TPSA) is 83.6 Å². The van der Waals surface area contributed by atoms with E-state index in [-0.39, 0.29) is 17.2 Å². The molecule has 8 heteroatoms. The van der Waals surface area contributed by atoms with Crippen LogP contribution in [-0.2, 0) is 14.8 Å². The molecule has 0 radical (unpaired) electrons. The maximum atomic E-state index is 13.1. The highest BCUT2D eigenvalue weighted by Gasteiger charge is 2.37. The molecule has 0 aromatic heterocycles. The summed E-state index contributed by atoms with van der Waals surface area (Å²) in [7, 11) is -3.87. The van der Waals surface area contributed by atoms with Crippen LogP contribution >= 0.6 is 11.6 Å². The van der Waals surface area contributed by atoms with Gasteiger partial charge in [-0.05, 0) is 44.0 Å². The van der Waals surface area contributed by atoms with Crippen molar-refractivity contribution < 1.29 is 18.0 Å². The molecule has 0 aliphatic carbocycles. The van der Waals surface area contributed by atoms with Crippen molar-refractivity contribution in [1.82, 2.24) is 4.31 Å². The lowest BCUT2D eigenvalue weighted by atomic mass is 10.0. The van der Waals surface area contributed by atoms with E-state index in [4.69, 9.17) is 11.6 Å². The molecular formula is C20H21ClN2O4S. The molecule has 1 saturated heterocycles. The zero-order valence-electron chi connectivity index (χ0n) is 15.4. The van der Waals surface area contributed by atoms with Crippen LogP contribution in [0.25, 0.3) is 0 Å². The Balaban J connectivity index is 1.86. The summed E-state index contributed by atoms with van der Waals surface area (Å²) in [6.45, 7) is 1.68. The van der Waals surface area contributed by atoms with E-state index in [2.05, 4.69) is 5.32 Å². The largest absolute Gasteiger partial charge is 0.323 e. The monoisotopic (exact) mass is 420 g/mol. The first-order valence-electron chi connectivity index (χ1n) is 8.99. The Morgan fingerprint density at radius 3 is 2.39 bits per heavy atom. The molecule has 3 rings (SSSR count). The number of carbonyl (C=O) groups is 2. The number of para-hydroxylation sites is 1. The van der Waals surface area contributed by atoms with Crippen LogP contribution in [-0.4, -0.2) is 37.0 Å². The first kappa shape index (κ1) is 20.5. The second-order valence-electron chi connectivity index (χ2n) is 6.68. The van der Waals surface area contributed by atoms with Crippen LogP contribution in [0.3, 0.4) is 0 Å². The van der Waals surface area contributed by atoms with E-state index in [1.165, 1.54) is 35.5 Å². The van der Waals surface area contributed by atoms with Gasteiger partial charge < -0.3 is 5.32 Å². The Labute approximate surface area is 169 Å². The van der Waals surface area contributed by atoms with Crippen LogP contribution in [0.2, 0.25) is 5.02 Å². The van der Waals surface area contributed by atoms with Crippen LogP contribution in [0, 0.1) is 0 Å². The summed E-state index contributed by atoms with van der Waals surface area (Å²) in [6.07, 6.45) is 1.87. The number of benzene rings is 2. The average molecular weight is 421 g/mol. The Bertz CT molecular complexity index is 990. The highest BCUT2D eigenvalue weighted by molar-refractivity contribution is 7.89. The summed E-state index contributed by atoms with van der Waals surface area (Å²) >= 11 is 6.10. The Morgan fingerprint density at radius 1 is 1.07 bits per heavy atom. The number of halogens is 1. The smallest absolute Gasteiger partial charge is 0.243 e.